The highest BCUT2D eigenvalue weighted by Crippen LogP contribution is 2.15. The van der Waals surface area contributed by atoms with Gasteiger partial charge in [-0.2, -0.15) is 0 Å². The molecule has 0 saturated carbocycles. The first-order valence-corrected chi connectivity index (χ1v) is 6.48. The number of ketones is 1. The summed E-state index contributed by atoms with van der Waals surface area (Å²) in [6, 6.07) is 14.9. The summed E-state index contributed by atoms with van der Waals surface area (Å²) in [5.41, 5.74) is 9.33. The molecule has 5 heteroatoms. The van der Waals surface area contributed by atoms with Crippen LogP contribution in [-0.4, -0.2) is 16.9 Å². The van der Waals surface area contributed by atoms with Crippen molar-refractivity contribution < 1.29 is 14.8 Å². The maximum Gasteiger partial charge on any atom is 0.274 e. The molecule has 0 aliphatic heterocycles. The fraction of sp³-hybridized carbons (Fsp3) is 0.125. The van der Waals surface area contributed by atoms with Crippen LogP contribution in [0.5, 0.6) is 0 Å². The van der Waals surface area contributed by atoms with Crippen molar-refractivity contribution in [1.82, 2.24) is 5.48 Å². The summed E-state index contributed by atoms with van der Waals surface area (Å²) >= 11 is 0. The summed E-state index contributed by atoms with van der Waals surface area (Å²) in [5, 5.41) is 8.54. The fourth-order valence-corrected chi connectivity index (χ4v) is 2.00. The Morgan fingerprint density at radius 1 is 1.05 bits per heavy atom. The van der Waals surface area contributed by atoms with Gasteiger partial charge in [-0.15, -0.1) is 0 Å². The molecule has 1 amide bonds. The Bertz CT molecular complexity index is 624. The molecule has 108 valence electrons. The molecule has 21 heavy (non-hydrogen) atoms. The summed E-state index contributed by atoms with van der Waals surface area (Å²) in [6.07, 6.45) is 0.265. The van der Waals surface area contributed by atoms with Gasteiger partial charge in [-0.05, 0) is 23.3 Å². The minimum Gasteiger partial charge on any atom is -0.318 e. The molecule has 0 aromatic heterocycles. The van der Waals surface area contributed by atoms with Crippen LogP contribution in [0, 0.1) is 0 Å². The molecule has 1 atom stereocenters. The smallest absolute Gasteiger partial charge is 0.274 e. The van der Waals surface area contributed by atoms with Gasteiger partial charge in [-0.25, -0.2) is 5.48 Å². The van der Waals surface area contributed by atoms with Crippen molar-refractivity contribution >= 4 is 11.7 Å². The molecule has 2 rings (SSSR count). The molecule has 0 heterocycles. The van der Waals surface area contributed by atoms with Gasteiger partial charge in [0.1, 0.15) is 0 Å². The number of hydrogen-bond acceptors (Lipinski definition) is 4. The van der Waals surface area contributed by atoms with Crippen LogP contribution in [-0.2, 0) is 11.2 Å². The molecule has 0 aliphatic carbocycles. The van der Waals surface area contributed by atoms with Gasteiger partial charge < -0.3 is 5.73 Å². The van der Waals surface area contributed by atoms with Crippen LogP contribution < -0.4 is 11.2 Å². The number of hydrogen-bond donors (Lipinski definition) is 3. The van der Waals surface area contributed by atoms with E-state index in [-0.39, 0.29) is 12.2 Å². The number of Topliss-reactive ketones (excluding diaryl/α,β-unsaturated/α-hetero) is 1. The second-order valence-corrected chi connectivity index (χ2v) is 4.67. The van der Waals surface area contributed by atoms with Crippen LogP contribution in [0.25, 0.3) is 0 Å². The molecule has 0 saturated heterocycles. The van der Waals surface area contributed by atoms with Gasteiger partial charge in [0.25, 0.3) is 5.91 Å². The molecule has 0 spiro atoms. The van der Waals surface area contributed by atoms with Crippen LogP contribution >= 0.6 is 0 Å². The monoisotopic (exact) mass is 284 g/mol. The van der Waals surface area contributed by atoms with Crippen molar-refractivity contribution in [3.63, 3.8) is 0 Å². The van der Waals surface area contributed by atoms with Gasteiger partial charge >= 0.3 is 0 Å². The second-order valence-electron chi connectivity index (χ2n) is 4.67. The summed E-state index contributed by atoms with van der Waals surface area (Å²) in [7, 11) is 0. The predicted molar refractivity (Wildman–Crippen MR) is 77.8 cm³/mol. The third-order valence-electron chi connectivity index (χ3n) is 3.20. The lowest BCUT2D eigenvalue weighted by Crippen LogP contribution is -2.23. The molecular formula is C16H16N2O3. The number of carbonyl (C=O) groups is 2. The number of nitrogens with one attached hydrogen (secondary N) is 1. The number of nitrogens with two attached hydrogens (primary N) is 1. The Balaban J connectivity index is 2.07. The van der Waals surface area contributed by atoms with E-state index in [4.69, 9.17) is 10.9 Å². The summed E-state index contributed by atoms with van der Waals surface area (Å²) < 4.78 is 0. The topological polar surface area (TPSA) is 92.4 Å². The average Bonchev–Trinajstić information content (AvgIpc) is 2.54. The summed E-state index contributed by atoms with van der Waals surface area (Å²) in [5.74, 6) is -0.703. The Kier molecular flexibility index (Phi) is 4.81. The minimum atomic E-state index is -0.739. The van der Waals surface area contributed by atoms with E-state index in [9.17, 15) is 9.59 Å². The van der Waals surface area contributed by atoms with E-state index in [1.54, 1.807) is 17.6 Å². The minimum absolute atomic E-state index is 0.0967. The number of rotatable bonds is 5. The fourth-order valence-electron chi connectivity index (χ4n) is 2.00. The normalized spacial score (nSPS) is 11.7. The van der Waals surface area contributed by atoms with Crippen LogP contribution in [0.2, 0.25) is 0 Å². The summed E-state index contributed by atoms with van der Waals surface area (Å²) in [6.45, 7) is 0. The highest BCUT2D eigenvalue weighted by Gasteiger charge is 2.16. The first kappa shape index (κ1) is 14.9. The molecule has 1 unspecified atom stereocenters. The third-order valence-corrected chi connectivity index (χ3v) is 3.20. The maximum absolute atomic E-state index is 12.1. The molecule has 5 nitrogen and oxygen atoms in total. The Morgan fingerprint density at radius 3 is 2.24 bits per heavy atom. The molecule has 4 N–H and O–H groups in total. The predicted octanol–water partition coefficient (Wildman–Crippen LogP) is 1.62. The number of benzene rings is 2. The van der Waals surface area contributed by atoms with E-state index in [0.29, 0.717) is 11.1 Å². The zero-order chi connectivity index (χ0) is 15.2. The molecular weight excluding hydrogens is 268 g/mol. The van der Waals surface area contributed by atoms with Gasteiger partial charge in [0.05, 0.1) is 6.04 Å². The summed E-state index contributed by atoms with van der Waals surface area (Å²) in [4.78, 5) is 23.4. The van der Waals surface area contributed by atoms with E-state index >= 15 is 0 Å². The van der Waals surface area contributed by atoms with Crippen molar-refractivity contribution in [1.29, 1.82) is 0 Å². The molecule has 0 fully saturated rings. The van der Waals surface area contributed by atoms with Gasteiger partial charge in [-0.1, -0.05) is 42.5 Å². The zero-order valence-electron chi connectivity index (χ0n) is 11.3. The first-order chi connectivity index (χ1) is 10.1. The number of hydroxylamine groups is 1. The van der Waals surface area contributed by atoms with Crippen molar-refractivity contribution in [2.24, 2.45) is 5.73 Å². The highest BCUT2D eigenvalue weighted by molar-refractivity contribution is 5.93. The van der Waals surface area contributed by atoms with Crippen molar-refractivity contribution in [2.45, 2.75) is 12.5 Å². The van der Waals surface area contributed by atoms with E-state index in [0.717, 1.165) is 5.56 Å². The maximum atomic E-state index is 12.1. The Hall–Kier alpha value is -2.50. The standard InChI is InChI=1S/C16H16N2O3/c17-15(14(19)10-11-4-2-1-3-5-11)12-6-8-13(9-7-12)16(20)18-21/h1-9,15,21H,10,17H2,(H,18,20). The van der Waals surface area contributed by atoms with Crippen LogP contribution in [0.3, 0.4) is 0 Å². The van der Waals surface area contributed by atoms with Gasteiger partial charge in [-0.3, -0.25) is 14.8 Å². The van der Waals surface area contributed by atoms with E-state index in [1.807, 2.05) is 30.3 Å². The number of carbonyl (C=O) groups excluding carboxylic acids is 2. The Morgan fingerprint density at radius 2 is 1.67 bits per heavy atom. The molecule has 0 radical (unpaired) electrons. The highest BCUT2D eigenvalue weighted by atomic mass is 16.5. The second kappa shape index (κ2) is 6.78. The Labute approximate surface area is 122 Å². The lowest BCUT2D eigenvalue weighted by molar-refractivity contribution is -0.119. The average molecular weight is 284 g/mol. The SMILES string of the molecule is NC(C(=O)Cc1ccccc1)c1ccc(C(=O)NO)cc1. The van der Waals surface area contributed by atoms with Crippen molar-refractivity contribution in [3.8, 4) is 0 Å². The van der Waals surface area contributed by atoms with Crippen LogP contribution in [0.15, 0.2) is 54.6 Å². The largest absolute Gasteiger partial charge is 0.318 e. The van der Waals surface area contributed by atoms with Gasteiger partial charge in [0.15, 0.2) is 5.78 Å². The molecule has 0 aliphatic rings. The van der Waals surface area contributed by atoms with Crippen LogP contribution in [0.4, 0.5) is 0 Å². The van der Waals surface area contributed by atoms with Gasteiger partial charge in [0, 0.05) is 12.0 Å². The quantitative estimate of drug-likeness (QED) is 0.574. The molecule has 2 aromatic carbocycles. The van der Waals surface area contributed by atoms with Crippen molar-refractivity contribution in [2.75, 3.05) is 0 Å². The third kappa shape index (κ3) is 3.75. The number of amides is 1. The lowest BCUT2D eigenvalue weighted by atomic mass is 9.97. The first-order valence-electron chi connectivity index (χ1n) is 6.48. The van der Waals surface area contributed by atoms with E-state index < -0.39 is 11.9 Å². The lowest BCUT2D eigenvalue weighted by Gasteiger charge is -2.11. The van der Waals surface area contributed by atoms with E-state index in [2.05, 4.69) is 0 Å². The van der Waals surface area contributed by atoms with Crippen LogP contribution in [0.1, 0.15) is 27.5 Å². The van der Waals surface area contributed by atoms with E-state index in [1.165, 1.54) is 12.1 Å². The van der Waals surface area contributed by atoms with Gasteiger partial charge in [0.2, 0.25) is 0 Å². The van der Waals surface area contributed by atoms with Crippen molar-refractivity contribution in [3.05, 3.63) is 71.3 Å². The molecule has 0 bridgehead atoms. The molecule has 2 aromatic rings. The zero-order valence-corrected chi connectivity index (χ0v) is 11.3.